The Balaban J connectivity index is 2.20. The van der Waals surface area contributed by atoms with Gasteiger partial charge in [-0.1, -0.05) is 41.0 Å². The first-order valence-corrected chi connectivity index (χ1v) is 7.05. The standard InChI is InChI=1S/C13H12Cl2N2S/c14-11-2-1-7-17-13(11)18-10-4-3-9(5-6-16)12(15)8-10/h1-4,7-8H,5-6,16H2. The number of halogens is 2. The zero-order valence-electron chi connectivity index (χ0n) is 9.57. The Morgan fingerprint density at radius 1 is 1.17 bits per heavy atom. The molecule has 0 aliphatic heterocycles. The van der Waals surface area contributed by atoms with Crippen molar-refractivity contribution in [3.05, 3.63) is 52.1 Å². The van der Waals surface area contributed by atoms with Gasteiger partial charge in [-0.25, -0.2) is 4.98 Å². The number of hydrogen-bond donors (Lipinski definition) is 1. The predicted molar refractivity (Wildman–Crippen MR) is 77.6 cm³/mol. The van der Waals surface area contributed by atoms with E-state index in [9.17, 15) is 0 Å². The minimum absolute atomic E-state index is 0.596. The Morgan fingerprint density at radius 2 is 2.00 bits per heavy atom. The zero-order chi connectivity index (χ0) is 13.0. The largest absolute Gasteiger partial charge is 0.330 e. The van der Waals surface area contributed by atoms with Crippen LogP contribution in [-0.2, 0) is 6.42 Å². The summed E-state index contributed by atoms with van der Waals surface area (Å²) >= 11 is 13.8. The van der Waals surface area contributed by atoms with E-state index in [-0.39, 0.29) is 0 Å². The molecule has 1 aromatic heterocycles. The summed E-state index contributed by atoms with van der Waals surface area (Å²) in [6.45, 7) is 0.596. The van der Waals surface area contributed by atoms with E-state index in [0.717, 1.165) is 26.9 Å². The van der Waals surface area contributed by atoms with E-state index in [0.29, 0.717) is 11.6 Å². The SMILES string of the molecule is NCCc1ccc(Sc2ncccc2Cl)cc1Cl. The molecule has 0 atom stereocenters. The number of hydrogen-bond acceptors (Lipinski definition) is 3. The van der Waals surface area contributed by atoms with Gasteiger partial charge in [-0.2, -0.15) is 0 Å². The quantitative estimate of drug-likeness (QED) is 0.926. The lowest BCUT2D eigenvalue weighted by Gasteiger charge is -2.06. The smallest absolute Gasteiger partial charge is 0.119 e. The van der Waals surface area contributed by atoms with E-state index in [1.54, 1.807) is 6.20 Å². The molecule has 2 rings (SSSR count). The molecule has 0 saturated heterocycles. The summed E-state index contributed by atoms with van der Waals surface area (Å²) in [7, 11) is 0. The molecule has 5 heteroatoms. The van der Waals surface area contributed by atoms with Crippen LogP contribution >= 0.6 is 35.0 Å². The number of aromatic nitrogens is 1. The molecule has 1 aromatic carbocycles. The molecule has 18 heavy (non-hydrogen) atoms. The van der Waals surface area contributed by atoms with E-state index in [1.807, 2.05) is 30.3 Å². The Morgan fingerprint density at radius 3 is 2.67 bits per heavy atom. The molecular formula is C13H12Cl2N2S. The van der Waals surface area contributed by atoms with Gasteiger partial charge in [0, 0.05) is 16.1 Å². The van der Waals surface area contributed by atoms with Crippen LogP contribution in [0.4, 0.5) is 0 Å². The summed E-state index contributed by atoms with van der Waals surface area (Å²) in [6, 6.07) is 9.55. The molecule has 2 N–H and O–H groups in total. The highest BCUT2D eigenvalue weighted by molar-refractivity contribution is 7.99. The summed E-state index contributed by atoms with van der Waals surface area (Å²) in [5.41, 5.74) is 6.59. The molecule has 1 heterocycles. The average molecular weight is 299 g/mol. The lowest BCUT2D eigenvalue weighted by atomic mass is 10.1. The van der Waals surface area contributed by atoms with Gasteiger partial charge >= 0.3 is 0 Å². The fraction of sp³-hybridized carbons (Fsp3) is 0.154. The van der Waals surface area contributed by atoms with Gasteiger partial charge in [0.1, 0.15) is 5.03 Å². The highest BCUT2D eigenvalue weighted by Crippen LogP contribution is 2.33. The van der Waals surface area contributed by atoms with Gasteiger partial charge in [0.25, 0.3) is 0 Å². The van der Waals surface area contributed by atoms with Crippen molar-refractivity contribution in [2.45, 2.75) is 16.3 Å². The Bertz CT molecular complexity index is 546. The second kappa shape index (κ2) is 6.43. The minimum Gasteiger partial charge on any atom is -0.330 e. The first-order valence-electron chi connectivity index (χ1n) is 5.47. The predicted octanol–water partition coefficient (Wildman–Crippen LogP) is 4.04. The van der Waals surface area contributed by atoms with E-state index in [2.05, 4.69) is 4.98 Å². The third-order valence-electron chi connectivity index (χ3n) is 2.38. The van der Waals surface area contributed by atoms with Gasteiger partial charge in [-0.15, -0.1) is 0 Å². The van der Waals surface area contributed by atoms with Crippen molar-refractivity contribution < 1.29 is 0 Å². The van der Waals surface area contributed by atoms with E-state index >= 15 is 0 Å². The van der Waals surface area contributed by atoms with Gasteiger partial charge in [-0.3, -0.25) is 0 Å². The van der Waals surface area contributed by atoms with E-state index in [1.165, 1.54) is 11.8 Å². The summed E-state index contributed by atoms with van der Waals surface area (Å²) in [5.74, 6) is 0. The first-order chi connectivity index (χ1) is 8.70. The van der Waals surface area contributed by atoms with Crippen LogP contribution < -0.4 is 5.73 Å². The third-order valence-corrected chi connectivity index (χ3v) is 4.15. The van der Waals surface area contributed by atoms with Crippen LogP contribution in [-0.4, -0.2) is 11.5 Å². The number of nitrogens with zero attached hydrogens (tertiary/aromatic N) is 1. The fourth-order valence-electron chi connectivity index (χ4n) is 1.51. The topological polar surface area (TPSA) is 38.9 Å². The fourth-order valence-corrected chi connectivity index (χ4v) is 2.90. The molecule has 0 amide bonds. The molecule has 0 spiro atoms. The van der Waals surface area contributed by atoms with Crippen LogP contribution in [0.25, 0.3) is 0 Å². The molecule has 0 unspecified atom stereocenters. The van der Waals surface area contributed by atoms with Crippen molar-refractivity contribution in [3.8, 4) is 0 Å². The lowest BCUT2D eigenvalue weighted by Crippen LogP contribution is -2.02. The lowest BCUT2D eigenvalue weighted by molar-refractivity contribution is 0.966. The number of nitrogens with two attached hydrogens (primary N) is 1. The van der Waals surface area contributed by atoms with Crippen LogP contribution in [0.15, 0.2) is 46.5 Å². The maximum Gasteiger partial charge on any atom is 0.119 e. The van der Waals surface area contributed by atoms with Gasteiger partial charge in [0.2, 0.25) is 0 Å². The van der Waals surface area contributed by atoms with Crippen molar-refractivity contribution in [1.82, 2.24) is 4.98 Å². The molecular weight excluding hydrogens is 287 g/mol. The van der Waals surface area contributed by atoms with Crippen LogP contribution in [0, 0.1) is 0 Å². The summed E-state index contributed by atoms with van der Waals surface area (Å²) in [6.07, 6.45) is 2.51. The molecule has 0 aliphatic rings. The molecule has 0 aliphatic carbocycles. The summed E-state index contributed by atoms with van der Waals surface area (Å²) < 4.78 is 0. The second-order valence-electron chi connectivity index (χ2n) is 3.68. The molecule has 2 aromatic rings. The van der Waals surface area contributed by atoms with Crippen molar-refractivity contribution in [3.63, 3.8) is 0 Å². The molecule has 0 saturated carbocycles. The van der Waals surface area contributed by atoms with E-state index in [4.69, 9.17) is 28.9 Å². The van der Waals surface area contributed by atoms with Gasteiger partial charge in [0.15, 0.2) is 0 Å². The monoisotopic (exact) mass is 298 g/mol. The first kappa shape index (κ1) is 13.7. The molecule has 0 radical (unpaired) electrons. The van der Waals surface area contributed by atoms with Gasteiger partial charge in [-0.05, 0) is 42.8 Å². The summed E-state index contributed by atoms with van der Waals surface area (Å²) in [4.78, 5) is 5.25. The number of pyridine rings is 1. The van der Waals surface area contributed by atoms with Crippen LogP contribution in [0.3, 0.4) is 0 Å². The maximum absolute atomic E-state index is 6.19. The van der Waals surface area contributed by atoms with Crippen molar-refractivity contribution in [2.24, 2.45) is 5.73 Å². The minimum atomic E-state index is 0.596. The zero-order valence-corrected chi connectivity index (χ0v) is 11.9. The second-order valence-corrected chi connectivity index (χ2v) is 5.56. The third kappa shape index (κ3) is 3.39. The van der Waals surface area contributed by atoms with Gasteiger partial charge < -0.3 is 5.73 Å². The number of benzene rings is 1. The Hall–Kier alpha value is -0.740. The average Bonchev–Trinajstić information content (AvgIpc) is 2.36. The maximum atomic E-state index is 6.19. The highest BCUT2D eigenvalue weighted by atomic mass is 35.5. The van der Waals surface area contributed by atoms with Crippen LogP contribution in [0.2, 0.25) is 10.0 Å². The van der Waals surface area contributed by atoms with E-state index < -0.39 is 0 Å². The van der Waals surface area contributed by atoms with Crippen molar-refractivity contribution >= 4 is 35.0 Å². The number of rotatable bonds is 4. The molecule has 0 bridgehead atoms. The Kier molecular flexibility index (Phi) is 4.89. The van der Waals surface area contributed by atoms with Crippen LogP contribution in [0.1, 0.15) is 5.56 Å². The molecule has 94 valence electrons. The van der Waals surface area contributed by atoms with Crippen LogP contribution in [0.5, 0.6) is 0 Å². The van der Waals surface area contributed by atoms with Crippen molar-refractivity contribution in [1.29, 1.82) is 0 Å². The molecule has 2 nitrogen and oxygen atoms in total. The Labute approximate surface area is 121 Å². The van der Waals surface area contributed by atoms with Gasteiger partial charge in [0.05, 0.1) is 5.02 Å². The highest BCUT2D eigenvalue weighted by Gasteiger charge is 2.06. The summed E-state index contributed by atoms with van der Waals surface area (Å²) in [5, 5.41) is 2.16. The molecule has 0 fully saturated rings. The normalized spacial score (nSPS) is 10.6. The van der Waals surface area contributed by atoms with Crippen molar-refractivity contribution in [2.75, 3.05) is 6.54 Å².